The summed E-state index contributed by atoms with van der Waals surface area (Å²) in [5, 5.41) is 21.6. The summed E-state index contributed by atoms with van der Waals surface area (Å²) >= 11 is 0. The van der Waals surface area contributed by atoms with Crippen molar-refractivity contribution in [3.05, 3.63) is 66.8 Å². The first-order chi connectivity index (χ1) is 33.0. The molecule has 1 aromatic rings. The number of nitrogens with two attached hydrogens (primary N) is 1. The van der Waals surface area contributed by atoms with E-state index in [4.69, 9.17) is 19.9 Å². The highest BCUT2D eigenvalue weighted by atomic mass is 16.6. The van der Waals surface area contributed by atoms with E-state index < -0.39 is 90.7 Å². The van der Waals surface area contributed by atoms with Gasteiger partial charge in [-0.25, -0.2) is 4.79 Å². The molecule has 7 amide bonds. The van der Waals surface area contributed by atoms with Gasteiger partial charge in [-0.2, -0.15) is 0 Å². The Bertz CT molecular complexity index is 1960. The minimum absolute atomic E-state index is 0.0647. The van der Waals surface area contributed by atoms with Crippen LogP contribution in [-0.4, -0.2) is 158 Å². The molecule has 0 aliphatic carbocycles. The molecule has 1 heterocycles. The highest BCUT2D eigenvalue weighted by molar-refractivity contribution is 5.95. The minimum Gasteiger partial charge on any atom is -0.445 e. The van der Waals surface area contributed by atoms with Crippen molar-refractivity contribution in [3.63, 3.8) is 0 Å². The van der Waals surface area contributed by atoms with Crippen molar-refractivity contribution in [3.8, 4) is 0 Å². The maximum absolute atomic E-state index is 14.2. The molecule has 70 heavy (non-hydrogen) atoms. The quantitative estimate of drug-likeness (QED) is 0.0661. The van der Waals surface area contributed by atoms with Crippen molar-refractivity contribution in [1.29, 1.82) is 0 Å². The average molecular weight is 983 g/mol. The van der Waals surface area contributed by atoms with Crippen LogP contribution < -0.4 is 27.0 Å². The first-order valence-electron chi connectivity index (χ1n) is 24.1. The second-order valence-electron chi connectivity index (χ2n) is 18.8. The van der Waals surface area contributed by atoms with Gasteiger partial charge in [0.1, 0.15) is 12.6 Å². The van der Waals surface area contributed by atoms with Crippen LogP contribution in [0.25, 0.3) is 0 Å². The zero-order valence-corrected chi connectivity index (χ0v) is 43.5. The minimum atomic E-state index is -1.02. The third kappa shape index (κ3) is 17.3. The second-order valence-corrected chi connectivity index (χ2v) is 18.8. The number of nitrogens with zero attached hydrogens (tertiary/aromatic N) is 3. The monoisotopic (exact) mass is 983 g/mol. The zero-order valence-electron chi connectivity index (χ0n) is 43.5. The number of likely N-dealkylation sites (N-methyl/N-ethyl adjacent to an activating group) is 2. The highest BCUT2D eigenvalue weighted by Gasteiger charge is 2.42. The Morgan fingerprint density at radius 1 is 0.886 bits per heavy atom. The molecule has 10 unspecified atom stereocenters. The van der Waals surface area contributed by atoms with E-state index in [1.54, 1.807) is 70.0 Å². The van der Waals surface area contributed by atoms with Crippen LogP contribution in [0.4, 0.5) is 10.5 Å². The molecule has 0 spiro atoms. The van der Waals surface area contributed by atoms with Crippen LogP contribution in [0.2, 0.25) is 0 Å². The zero-order chi connectivity index (χ0) is 53.0. The van der Waals surface area contributed by atoms with Gasteiger partial charge in [-0.3, -0.25) is 33.7 Å². The predicted molar refractivity (Wildman–Crippen MR) is 269 cm³/mol. The van der Waals surface area contributed by atoms with Gasteiger partial charge < -0.3 is 56.1 Å². The number of carbonyl (C=O) groups is 7. The molecule has 19 heteroatoms. The van der Waals surface area contributed by atoms with E-state index in [1.807, 2.05) is 27.7 Å². The lowest BCUT2D eigenvalue weighted by molar-refractivity contribution is -0.146. The number of aliphatic hydroxyl groups excluding tert-OH is 1. The highest BCUT2D eigenvalue weighted by Crippen LogP contribution is 2.29. The molecule has 0 aromatic heterocycles. The normalized spacial score (nSPS) is 17.7. The van der Waals surface area contributed by atoms with Crippen molar-refractivity contribution in [2.75, 3.05) is 53.3 Å². The summed E-state index contributed by atoms with van der Waals surface area (Å²) in [7, 11) is 6.05. The van der Waals surface area contributed by atoms with Crippen molar-refractivity contribution in [2.45, 2.75) is 136 Å². The SMILES string of the molecule is C=C/C=C(\C=C)C(O)C(C)NC(=O)C(C)C(OC)C1CCCN1C(=O)CC(OC)C(C(C)CC)N(C)C(=O)CNC(=O)C(C(C)C)N(C)C(=O)OCc1ccc(NC(=O)CNC(=O)C(N)C(C)C)cc1. The van der Waals surface area contributed by atoms with Gasteiger partial charge in [0.15, 0.2) is 0 Å². The van der Waals surface area contributed by atoms with Crippen LogP contribution in [0, 0.1) is 23.7 Å². The molecular formula is C51H82N8O11. The number of benzene rings is 1. The molecule has 7 N–H and O–H groups in total. The van der Waals surface area contributed by atoms with Gasteiger partial charge >= 0.3 is 6.09 Å². The summed E-state index contributed by atoms with van der Waals surface area (Å²) < 4.78 is 17.4. The number of ether oxygens (including phenoxy) is 3. The Balaban J connectivity index is 2.08. The molecule has 1 aromatic carbocycles. The van der Waals surface area contributed by atoms with E-state index in [9.17, 15) is 38.7 Å². The lowest BCUT2D eigenvalue weighted by atomic mass is 9.90. The summed E-state index contributed by atoms with van der Waals surface area (Å²) in [5.41, 5.74) is 7.40. The van der Waals surface area contributed by atoms with E-state index >= 15 is 0 Å². The number of aliphatic hydroxyl groups is 1. The van der Waals surface area contributed by atoms with E-state index in [0.29, 0.717) is 42.6 Å². The lowest BCUT2D eigenvalue weighted by Gasteiger charge is -2.39. The third-order valence-corrected chi connectivity index (χ3v) is 13.1. The number of nitrogens with one attached hydrogen (secondary N) is 4. The second kappa shape index (κ2) is 29.5. The maximum atomic E-state index is 14.2. The van der Waals surface area contributed by atoms with E-state index in [0.717, 1.165) is 0 Å². The first-order valence-corrected chi connectivity index (χ1v) is 24.1. The van der Waals surface area contributed by atoms with Gasteiger partial charge in [0.2, 0.25) is 35.4 Å². The summed E-state index contributed by atoms with van der Waals surface area (Å²) in [4.78, 5) is 97.3. The van der Waals surface area contributed by atoms with Crippen LogP contribution in [-0.2, 0) is 49.6 Å². The summed E-state index contributed by atoms with van der Waals surface area (Å²) in [6.45, 7) is 21.6. The van der Waals surface area contributed by atoms with Crippen molar-refractivity contribution in [1.82, 2.24) is 30.7 Å². The van der Waals surface area contributed by atoms with Crippen LogP contribution >= 0.6 is 0 Å². The molecular weight excluding hydrogens is 901 g/mol. The van der Waals surface area contributed by atoms with E-state index in [2.05, 4.69) is 34.4 Å². The number of hydrogen-bond acceptors (Lipinski definition) is 12. The Kier molecular flexibility index (Phi) is 25.5. The van der Waals surface area contributed by atoms with Gasteiger partial charge in [-0.05, 0) is 60.8 Å². The van der Waals surface area contributed by atoms with Crippen LogP contribution in [0.1, 0.15) is 86.6 Å². The largest absolute Gasteiger partial charge is 0.445 e. The summed E-state index contributed by atoms with van der Waals surface area (Å²) in [5.74, 6) is -3.69. The molecule has 10 atom stereocenters. The lowest BCUT2D eigenvalue weighted by Crippen LogP contribution is -2.56. The maximum Gasteiger partial charge on any atom is 0.410 e. The number of anilines is 1. The van der Waals surface area contributed by atoms with Crippen molar-refractivity contribution in [2.24, 2.45) is 29.4 Å². The smallest absolute Gasteiger partial charge is 0.410 e. The molecule has 392 valence electrons. The Hall–Kier alpha value is -5.63. The molecule has 1 aliphatic rings. The van der Waals surface area contributed by atoms with Crippen LogP contribution in [0.5, 0.6) is 0 Å². The number of likely N-dealkylation sites (tertiary alicyclic amines) is 1. The summed E-state index contributed by atoms with van der Waals surface area (Å²) in [6, 6.07) is 3.20. The topological polar surface area (TPSA) is 251 Å². The Morgan fingerprint density at radius 3 is 2.06 bits per heavy atom. The van der Waals surface area contributed by atoms with Crippen molar-refractivity contribution >= 4 is 47.2 Å². The molecule has 0 radical (unpaired) electrons. The standard InChI is InChI=1S/C51H82N8O11/c1-15-19-36(17-3)46(63)34(10)55-48(64)33(9)47(69-14)38-20-18-25-59(38)41(61)26-39(68-13)45(32(8)16-2)57(11)42(62)28-54-50(66)44(31(6)7)58(12)51(67)70-29-35-21-23-37(24-22-35)56-40(60)27-53-49(65)43(52)30(4)5/h15,17,19,21-24,30-34,38-39,43-47,63H,1,3,16,18,20,25-29,52H2,2,4-14H3,(H,53,65)(H,54,66)(H,55,64)(H,56,60)/b36-19+. The van der Waals surface area contributed by atoms with Gasteiger partial charge in [-0.1, -0.05) is 98.4 Å². The number of carbonyl (C=O) groups excluding carboxylic acids is 7. The van der Waals surface area contributed by atoms with E-state index in [-0.39, 0.29) is 49.1 Å². The van der Waals surface area contributed by atoms with Gasteiger partial charge in [-0.15, -0.1) is 0 Å². The number of methoxy groups -OCH3 is 2. The average Bonchev–Trinajstić information content (AvgIpc) is 3.82. The molecule has 1 saturated heterocycles. The van der Waals surface area contributed by atoms with Gasteiger partial charge in [0.05, 0.1) is 67.9 Å². The van der Waals surface area contributed by atoms with E-state index in [1.165, 1.54) is 43.2 Å². The Morgan fingerprint density at radius 2 is 1.51 bits per heavy atom. The molecule has 1 aliphatic heterocycles. The molecule has 19 nitrogen and oxygen atoms in total. The first kappa shape index (κ1) is 60.5. The van der Waals surface area contributed by atoms with Crippen molar-refractivity contribution < 1.29 is 52.9 Å². The van der Waals surface area contributed by atoms with Gasteiger partial charge in [0, 0.05) is 40.5 Å². The number of allylic oxidation sites excluding steroid dienone is 2. The predicted octanol–water partition coefficient (Wildman–Crippen LogP) is 3.52. The fourth-order valence-electron chi connectivity index (χ4n) is 8.63. The molecule has 1 fully saturated rings. The number of hydrogen-bond donors (Lipinski definition) is 6. The van der Waals surface area contributed by atoms with Crippen LogP contribution in [0.15, 0.2) is 61.2 Å². The van der Waals surface area contributed by atoms with Gasteiger partial charge in [0.25, 0.3) is 0 Å². The molecule has 2 rings (SSSR count). The fourth-order valence-corrected chi connectivity index (χ4v) is 8.63. The molecule has 0 saturated carbocycles. The summed E-state index contributed by atoms with van der Waals surface area (Å²) in [6.07, 6.45) is 3.37. The Labute approximate surface area is 415 Å². The number of rotatable bonds is 28. The fraction of sp³-hybridized carbons (Fsp3) is 0.627. The van der Waals surface area contributed by atoms with Crippen LogP contribution in [0.3, 0.4) is 0 Å². The number of amides is 7. The third-order valence-electron chi connectivity index (χ3n) is 13.1. The molecule has 0 bridgehead atoms.